The number of halogens is 2. The molecule has 0 radical (unpaired) electrons. The predicted octanol–water partition coefficient (Wildman–Crippen LogP) is 4.46. The van der Waals surface area contributed by atoms with Crippen molar-refractivity contribution in [3.05, 3.63) is 35.0 Å². The molecular formula is C16H21BrClNO5SSi. The zero-order valence-electron chi connectivity index (χ0n) is 14.6. The Morgan fingerprint density at radius 3 is 2.65 bits per heavy atom. The molecule has 2 N–H and O–H groups in total. The number of alkyl halides is 1. The van der Waals surface area contributed by atoms with Crippen molar-refractivity contribution in [1.29, 1.82) is 0 Å². The van der Waals surface area contributed by atoms with E-state index in [-0.39, 0.29) is 28.6 Å². The lowest BCUT2D eigenvalue weighted by Crippen LogP contribution is -2.29. The SMILES string of the molecule is C[Si](C)(C)Oc1c(C(Br)CCN[SH](=O)=O)oc(-c2cccc(Cl)c2)c1O. The Bertz CT molecular complexity index is 842. The van der Waals surface area contributed by atoms with Crippen LogP contribution in [0, 0.1) is 0 Å². The van der Waals surface area contributed by atoms with Crippen LogP contribution in [0.5, 0.6) is 11.5 Å². The van der Waals surface area contributed by atoms with Gasteiger partial charge in [-0.3, -0.25) is 0 Å². The van der Waals surface area contributed by atoms with E-state index >= 15 is 0 Å². The second-order valence-corrected chi connectivity index (χ2v) is 13.4. The largest absolute Gasteiger partial charge is 0.539 e. The topological polar surface area (TPSA) is 88.8 Å². The van der Waals surface area contributed by atoms with Crippen LogP contribution in [0.15, 0.2) is 28.7 Å². The van der Waals surface area contributed by atoms with Crippen molar-refractivity contribution < 1.29 is 22.4 Å². The number of aromatic hydroxyl groups is 1. The van der Waals surface area contributed by atoms with E-state index in [1.54, 1.807) is 24.3 Å². The summed E-state index contributed by atoms with van der Waals surface area (Å²) in [6.07, 6.45) is 0.424. The minimum atomic E-state index is -2.66. The highest BCUT2D eigenvalue weighted by atomic mass is 79.9. The molecule has 2 aromatic rings. The molecule has 0 aliphatic rings. The number of benzene rings is 1. The van der Waals surface area contributed by atoms with Crippen LogP contribution in [-0.2, 0) is 10.9 Å². The number of rotatable bonds is 8. The third kappa shape index (κ3) is 5.75. The fraction of sp³-hybridized carbons (Fsp3) is 0.375. The van der Waals surface area contributed by atoms with Gasteiger partial charge in [0, 0.05) is 17.1 Å². The van der Waals surface area contributed by atoms with E-state index in [9.17, 15) is 13.5 Å². The average molecular weight is 483 g/mol. The van der Waals surface area contributed by atoms with Gasteiger partial charge in [0.2, 0.25) is 25.0 Å². The Morgan fingerprint density at radius 1 is 1.38 bits per heavy atom. The van der Waals surface area contributed by atoms with E-state index in [1.165, 1.54) is 0 Å². The molecule has 0 aliphatic heterocycles. The highest BCUT2D eigenvalue weighted by molar-refractivity contribution is 9.09. The molecule has 6 nitrogen and oxygen atoms in total. The molecule has 0 amide bonds. The van der Waals surface area contributed by atoms with Crippen LogP contribution in [0.1, 0.15) is 17.0 Å². The van der Waals surface area contributed by atoms with Crippen LogP contribution in [0.2, 0.25) is 24.7 Å². The molecule has 0 fully saturated rings. The zero-order chi connectivity index (χ0) is 19.5. The van der Waals surface area contributed by atoms with Crippen LogP contribution in [0.3, 0.4) is 0 Å². The van der Waals surface area contributed by atoms with Crippen molar-refractivity contribution in [3.63, 3.8) is 0 Å². The number of nitrogens with one attached hydrogen (secondary N) is 1. The van der Waals surface area contributed by atoms with Crippen molar-refractivity contribution in [1.82, 2.24) is 4.72 Å². The summed E-state index contributed by atoms with van der Waals surface area (Å²) in [6, 6.07) is 6.96. The van der Waals surface area contributed by atoms with Gasteiger partial charge in [-0.25, -0.2) is 13.1 Å². The summed E-state index contributed by atoms with van der Waals surface area (Å²) in [7, 11) is -4.69. The normalized spacial score (nSPS) is 13.2. The van der Waals surface area contributed by atoms with Crippen LogP contribution in [0.4, 0.5) is 0 Å². The van der Waals surface area contributed by atoms with E-state index in [0.29, 0.717) is 22.8 Å². The lowest BCUT2D eigenvalue weighted by Gasteiger charge is -2.20. The molecule has 1 unspecified atom stereocenters. The molecule has 0 saturated heterocycles. The van der Waals surface area contributed by atoms with E-state index in [4.69, 9.17) is 20.4 Å². The lowest BCUT2D eigenvalue weighted by molar-refractivity contribution is 0.438. The minimum absolute atomic E-state index is 0.0861. The van der Waals surface area contributed by atoms with Gasteiger partial charge in [0.05, 0.1) is 4.83 Å². The van der Waals surface area contributed by atoms with Crippen LogP contribution in [-0.4, -0.2) is 28.4 Å². The van der Waals surface area contributed by atoms with Gasteiger partial charge in [-0.1, -0.05) is 39.7 Å². The fourth-order valence-corrected chi connectivity index (χ4v) is 4.12. The van der Waals surface area contributed by atoms with Crippen molar-refractivity contribution in [2.24, 2.45) is 0 Å². The Morgan fingerprint density at radius 2 is 2.08 bits per heavy atom. The average Bonchev–Trinajstić information content (AvgIpc) is 2.82. The predicted molar refractivity (Wildman–Crippen MR) is 109 cm³/mol. The molecule has 10 heteroatoms. The van der Waals surface area contributed by atoms with E-state index in [0.717, 1.165) is 0 Å². The first-order valence-corrected chi connectivity index (χ1v) is 13.8. The molecule has 1 heterocycles. The first kappa shape index (κ1) is 21.3. The number of hydrogen-bond donors (Lipinski definition) is 3. The summed E-state index contributed by atoms with van der Waals surface area (Å²) in [5, 5.41) is 11.2. The summed E-state index contributed by atoms with van der Waals surface area (Å²) >= 11 is 9.53. The molecule has 26 heavy (non-hydrogen) atoms. The van der Waals surface area contributed by atoms with Gasteiger partial charge in [-0.05, 0) is 38.2 Å². The zero-order valence-corrected chi connectivity index (χ0v) is 18.8. The maximum atomic E-state index is 10.7. The van der Waals surface area contributed by atoms with Gasteiger partial charge in [0.15, 0.2) is 17.3 Å². The minimum Gasteiger partial charge on any atom is -0.539 e. The molecule has 1 aromatic carbocycles. The standard InChI is InChI=1S/C16H21BrClNO5SSi/c1-26(2,3)24-16-13(20)14(10-5-4-6-11(18)9-10)23-15(16)12(17)7-8-19-25(21)22/h4-6,9,12,20,25H,7-8H2,1-3H3,(H,19,21,22). The number of thiol groups is 1. The molecule has 144 valence electrons. The maximum absolute atomic E-state index is 10.7. The van der Waals surface area contributed by atoms with Crippen molar-refractivity contribution in [2.75, 3.05) is 6.54 Å². The van der Waals surface area contributed by atoms with Crippen molar-refractivity contribution in [2.45, 2.75) is 30.9 Å². The number of hydrogen-bond acceptors (Lipinski definition) is 5. The molecule has 1 atom stereocenters. The van der Waals surface area contributed by atoms with Gasteiger partial charge in [0.25, 0.3) is 0 Å². The van der Waals surface area contributed by atoms with Gasteiger partial charge >= 0.3 is 0 Å². The number of furan rings is 1. The summed E-state index contributed by atoms with van der Waals surface area (Å²) in [5.74, 6) is 0.885. The second kappa shape index (κ2) is 8.79. The molecule has 2 rings (SSSR count). The van der Waals surface area contributed by atoms with E-state index < -0.39 is 19.2 Å². The molecule has 0 bridgehead atoms. The third-order valence-electron chi connectivity index (χ3n) is 3.28. The monoisotopic (exact) mass is 481 g/mol. The fourth-order valence-electron chi connectivity index (χ4n) is 2.27. The van der Waals surface area contributed by atoms with Crippen LogP contribution in [0.25, 0.3) is 11.3 Å². The van der Waals surface area contributed by atoms with Crippen molar-refractivity contribution in [3.8, 4) is 22.8 Å². The van der Waals surface area contributed by atoms with Gasteiger partial charge in [-0.15, -0.1) is 0 Å². The molecular weight excluding hydrogens is 462 g/mol. The summed E-state index contributed by atoms with van der Waals surface area (Å²) in [4.78, 5) is -0.338. The molecule has 0 saturated carbocycles. The highest BCUT2D eigenvalue weighted by Gasteiger charge is 2.30. The second-order valence-electron chi connectivity index (χ2n) is 6.62. The van der Waals surface area contributed by atoms with E-state index in [2.05, 4.69) is 20.7 Å². The lowest BCUT2D eigenvalue weighted by atomic mass is 10.1. The Kier molecular flexibility index (Phi) is 7.20. The van der Waals surface area contributed by atoms with Gasteiger partial charge in [0.1, 0.15) is 0 Å². The summed E-state index contributed by atoms with van der Waals surface area (Å²) in [6.45, 7) is 6.22. The van der Waals surface area contributed by atoms with Gasteiger partial charge in [-0.2, -0.15) is 0 Å². The Balaban J connectivity index is 2.43. The Hall–Kier alpha value is -1.00. The third-order valence-corrected chi connectivity index (χ3v) is 5.69. The molecule has 1 aromatic heterocycles. The highest BCUT2D eigenvalue weighted by Crippen LogP contribution is 2.49. The Labute approximate surface area is 168 Å². The van der Waals surface area contributed by atoms with Crippen LogP contribution >= 0.6 is 27.5 Å². The summed E-state index contributed by atoms with van der Waals surface area (Å²) < 4.78 is 35.6. The maximum Gasteiger partial charge on any atom is 0.242 e. The van der Waals surface area contributed by atoms with Crippen LogP contribution < -0.4 is 9.15 Å². The van der Waals surface area contributed by atoms with Crippen molar-refractivity contribution >= 4 is 46.7 Å². The smallest absolute Gasteiger partial charge is 0.242 e. The van der Waals surface area contributed by atoms with Gasteiger partial charge < -0.3 is 13.9 Å². The first-order valence-electron chi connectivity index (χ1n) is 7.91. The summed E-state index contributed by atoms with van der Waals surface area (Å²) in [5.41, 5.74) is 0.627. The quantitative estimate of drug-likeness (QED) is 0.294. The first-order chi connectivity index (χ1) is 12.1. The molecule has 0 spiro atoms. The molecule has 0 aliphatic carbocycles. The van der Waals surface area contributed by atoms with E-state index in [1.807, 2.05) is 19.6 Å².